The summed E-state index contributed by atoms with van der Waals surface area (Å²) in [6.07, 6.45) is 1.73. The van der Waals surface area contributed by atoms with Gasteiger partial charge in [0.15, 0.2) is 5.78 Å². The van der Waals surface area contributed by atoms with Crippen LogP contribution in [0.15, 0.2) is 42.6 Å². The molecule has 3 N–H and O–H groups in total. The number of nitrogens with zero attached hydrogens (tertiary/aromatic N) is 1. The fourth-order valence-corrected chi connectivity index (χ4v) is 2.25. The van der Waals surface area contributed by atoms with E-state index in [1.807, 2.05) is 31.2 Å². The van der Waals surface area contributed by atoms with Crippen molar-refractivity contribution in [2.24, 2.45) is 0 Å². The lowest BCUT2D eigenvalue weighted by atomic mass is 9.96. The number of ketones is 1. The Morgan fingerprint density at radius 1 is 1.16 bits per heavy atom. The third-order valence-electron chi connectivity index (χ3n) is 3.34. The molecule has 0 amide bonds. The second-order valence-corrected chi connectivity index (χ2v) is 4.49. The van der Waals surface area contributed by atoms with Gasteiger partial charge in [0.25, 0.3) is 0 Å². The molecule has 0 saturated carbocycles. The zero-order chi connectivity index (χ0) is 13.4. The standard InChI is InChI=1S/C15H13N3O/c1-9-10(6-7-14-12(9)8-17-18-14)15(19)11-4-2-3-5-13(11)16/h2-8H,16H2,1H3,(H,17,18). The smallest absolute Gasteiger partial charge is 0.195 e. The van der Waals surface area contributed by atoms with Crippen molar-refractivity contribution in [2.75, 3.05) is 5.73 Å². The van der Waals surface area contributed by atoms with Crippen LogP contribution in [0.4, 0.5) is 5.69 Å². The number of carbonyl (C=O) groups excluding carboxylic acids is 1. The van der Waals surface area contributed by atoms with Crippen molar-refractivity contribution in [3.05, 3.63) is 59.3 Å². The fourth-order valence-electron chi connectivity index (χ4n) is 2.25. The number of hydrogen-bond acceptors (Lipinski definition) is 3. The molecule has 0 aliphatic heterocycles. The Morgan fingerprint density at radius 3 is 2.74 bits per heavy atom. The number of carbonyl (C=O) groups is 1. The maximum atomic E-state index is 12.5. The van der Waals surface area contributed by atoms with E-state index in [0.717, 1.165) is 16.5 Å². The van der Waals surface area contributed by atoms with Gasteiger partial charge in [-0.3, -0.25) is 9.89 Å². The summed E-state index contributed by atoms with van der Waals surface area (Å²) in [6, 6.07) is 10.8. The SMILES string of the molecule is Cc1c(C(=O)c2ccccc2N)ccc2[nH]ncc12. The molecule has 0 fully saturated rings. The van der Waals surface area contributed by atoms with E-state index in [1.54, 1.807) is 18.3 Å². The van der Waals surface area contributed by atoms with Gasteiger partial charge in [-0.25, -0.2) is 0 Å². The summed E-state index contributed by atoms with van der Waals surface area (Å²) in [4.78, 5) is 12.5. The lowest BCUT2D eigenvalue weighted by Crippen LogP contribution is -2.07. The van der Waals surface area contributed by atoms with Crippen molar-refractivity contribution >= 4 is 22.4 Å². The number of hydrogen-bond donors (Lipinski definition) is 2. The number of anilines is 1. The van der Waals surface area contributed by atoms with Crippen LogP contribution in [0.25, 0.3) is 10.9 Å². The van der Waals surface area contributed by atoms with E-state index in [0.29, 0.717) is 16.8 Å². The molecule has 0 unspecified atom stereocenters. The van der Waals surface area contributed by atoms with Gasteiger partial charge in [0.2, 0.25) is 0 Å². The zero-order valence-corrected chi connectivity index (χ0v) is 10.5. The van der Waals surface area contributed by atoms with Crippen LogP contribution in [0.2, 0.25) is 0 Å². The topological polar surface area (TPSA) is 71.8 Å². The summed E-state index contributed by atoms with van der Waals surface area (Å²) in [7, 11) is 0. The highest BCUT2D eigenvalue weighted by Gasteiger charge is 2.15. The van der Waals surface area contributed by atoms with E-state index in [4.69, 9.17) is 5.73 Å². The van der Waals surface area contributed by atoms with E-state index in [-0.39, 0.29) is 5.78 Å². The van der Waals surface area contributed by atoms with Crippen LogP contribution < -0.4 is 5.73 Å². The Morgan fingerprint density at radius 2 is 1.95 bits per heavy atom. The zero-order valence-electron chi connectivity index (χ0n) is 10.5. The maximum absolute atomic E-state index is 12.5. The Balaban J connectivity index is 2.17. The van der Waals surface area contributed by atoms with Crippen LogP contribution in [0, 0.1) is 6.92 Å². The number of fused-ring (bicyclic) bond motifs is 1. The van der Waals surface area contributed by atoms with Crippen LogP contribution in [0.5, 0.6) is 0 Å². The largest absolute Gasteiger partial charge is 0.398 e. The van der Waals surface area contributed by atoms with Crippen molar-refractivity contribution in [1.29, 1.82) is 0 Å². The third kappa shape index (κ3) is 1.78. The molecule has 4 nitrogen and oxygen atoms in total. The molecule has 1 heterocycles. The molecule has 0 aliphatic rings. The third-order valence-corrected chi connectivity index (χ3v) is 3.34. The van der Waals surface area contributed by atoms with E-state index in [1.165, 1.54) is 0 Å². The van der Waals surface area contributed by atoms with Gasteiger partial charge in [-0.15, -0.1) is 0 Å². The highest BCUT2D eigenvalue weighted by Crippen LogP contribution is 2.24. The number of nitrogens with two attached hydrogens (primary N) is 1. The molecule has 0 saturated heterocycles. The molecule has 0 aliphatic carbocycles. The minimum absolute atomic E-state index is 0.0568. The quantitative estimate of drug-likeness (QED) is 0.543. The number of aryl methyl sites for hydroxylation is 1. The minimum atomic E-state index is -0.0568. The summed E-state index contributed by atoms with van der Waals surface area (Å²) in [5, 5.41) is 7.84. The second-order valence-electron chi connectivity index (χ2n) is 4.49. The molecule has 3 aromatic rings. The number of nitrogens with one attached hydrogen (secondary N) is 1. The van der Waals surface area contributed by atoms with Gasteiger partial charge >= 0.3 is 0 Å². The molecule has 0 radical (unpaired) electrons. The lowest BCUT2D eigenvalue weighted by Gasteiger charge is -2.08. The lowest BCUT2D eigenvalue weighted by molar-refractivity contribution is 0.103. The van der Waals surface area contributed by atoms with Crippen molar-refractivity contribution in [2.45, 2.75) is 6.92 Å². The van der Waals surface area contributed by atoms with Crippen molar-refractivity contribution in [1.82, 2.24) is 10.2 Å². The monoisotopic (exact) mass is 251 g/mol. The predicted octanol–water partition coefficient (Wildman–Crippen LogP) is 2.68. The second kappa shape index (κ2) is 4.24. The van der Waals surface area contributed by atoms with Crippen LogP contribution in [0.1, 0.15) is 21.5 Å². The van der Waals surface area contributed by atoms with Gasteiger partial charge in [0.1, 0.15) is 0 Å². The number of rotatable bonds is 2. The molecular weight excluding hydrogens is 238 g/mol. The molecule has 94 valence electrons. The first-order valence-corrected chi connectivity index (χ1v) is 6.00. The normalized spacial score (nSPS) is 10.8. The van der Waals surface area contributed by atoms with Crippen LogP contribution in [-0.2, 0) is 0 Å². The maximum Gasteiger partial charge on any atom is 0.195 e. The average molecular weight is 251 g/mol. The molecular formula is C15H13N3O. The van der Waals surface area contributed by atoms with Crippen LogP contribution in [0.3, 0.4) is 0 Å². The predicted molar refractivity (Wildman–Crippen MR) is 75.1 cm³/mol. The first-order chi connectivity index (χ1) is 9.18. The van der Waals surface area contributed by atoms with Crippen molar-refractivity contribution < 1.29 is 4.79 Å². The summed E-state index contributed by atoms with van der Waals surface area (Å²) in [5.41, 5.74) is 9.40. The van der Waals surface area contributed by atoms with Crippen LogP contribution >= 0.6 is 0 Å². The first-order valence-electron chi connectivity index (χ1n) is 6.00. The first kappa shape index (κ1) is 11.5. The van der Waals surface area contributed by atoms with Gasteiger partial charge in [0, 0.05) is 22.2 Å². The van der Waals surface area contributed by atoms with Crippen molar-refractivity contribution in [3.8, 4) is 0 Å². The van der Waals surface area contributed by atoms with E-state index in [2.05, 4.69) is 10.2 Å². The molecule has 4 heteroatoms. The Kier molecular flexibility index (Phi) is 2.56. The summed E-state index contributed by atoms with van der Waals surface area (Å²) >= 11 is 0. The van der Waals surface area contributed by atoms with E-state index in [9.17, 15) is 4.79 Å². The van der Waals surface area contributed by atoms with Gasteiger partial charge < -0.3 is 5.73 Å². The molecule has 3 rings (SSSR count). The van der Waals surface area contributed by atoms with Gasteiger partial charge in [-0.2, -0.15) is 5.10 Å². The van der Waals surface area contributed by atoms with E-state index < -0.39 is 0 Å². The van der Waals surface area contributed by atoms with Gasteiger partial charge in [-0.05, 0) is 36.8 Å². The van der Waals surface area contributed by atoms with Gasteiger partial charge in [0.05, 0.1) is 11.7 Å². The van der Waals surface area contributed by atoms with Gasteiger partial charge in [-0.1, -0.05) is 12.1 Å². The molecule has 0 spiro atoms. The number of aromatic amines is 1. The van der Waals surface area contributed by atoms with E-state index >= 15 is 0 Å². The number of aromatic nitrogens is 2. The highest BCUT2D eigenvalue weighted by atomic mass is 16.1. The number of nitrogen functional groups attached to an aromatic ring is 1. The Labute approximate surface area is 110 Å². The minimum Gasteiger partial charge on any atom is -0.398 e. The molecule has 1 aromatic heterocycles. The summed E-state index contributed by atoms with van der Waals surface area (Å²) in [6.45, 7) is 1.92. The molecule has 0 atom stereocenters. The number of H-pyrrole nitrogens is 1. The Bertz CT molecular complexity index is 774. The molecule has 19 heavy (non-hydrogen) atoms. The van der Waals surface area contributed by atoms with Crippen LogP contribution in [-0.4, -0.2) is 16.0 Å². The fraction of sp³-hybridized carbons (Fsp3) is 0.0667. The highest BCUT2D eigenvalue weighted by molar-refractivity contribution is 6.14. The summed E-state index contributed by atoms with van der Waals surface area (Å²) in [5.74, 6) is -0.0568. The Hall–Kier alpha value is -2.62. The molecule has 2 aromatic carbocycles. The molecule has 0 bridgehead atoms. The number of benzene rings is 2. The number of para-hydroxylation sites is 1. The van der Waals surface area contributed by atoms with Crippen molar-refractivity contribution in [3.63, 3.8) is 0 Å². The average Bonchev–Trinajstić information content (AvgIpc) is 2.88. The summed E-state index contributed by atoms with van der Waals surface area (Å²) < 4.78 is 0.